The van der Waals surface area contributed by atoms with Crippen molar-refractivity contribution in [2.75, 3.05) is 6.54 Å². The Balaban J connectivity index is 1.66. The van der Waals surface area contributed by atoms with Crippen molar-refractivity contribution in [1.82, 2.24) is 15.1 Å². The number of aromatic amines is 1. The summed E-state index contributed by atoms with van der Waals surface area (Å²) in [5, 5.41) is 7.22. The Kier molecular flexibility index (Phi) is 4.46. The molecule has 23 heavy (non-hydrogen) atoms. The zero-order valence-corrected chi connectivity index (χ0v) is 13.6. The number of aryl methyl sites for hydroxylation is 2. The first-order valence-electron chi connectivity index (χ1n) is 8.11. The first-order chi connectivity index (χ1) is 11.1. The molecular weight excluding hydrogens is 293 g/mol. The van der Waals surface area contributed by atoms with Gasteiger partial charge in [0.05, 0.1) is 11.7 Å². The summed E-state index contributed by atoms with van der Waals surface area (Å²) in [6.07, 6.45) is 3.05. The Morgan fingerprint density at radius 3 is 2.74 bits per heavy atom. The summed E-state index contributed by atoms with van der Waals surface area (Å²) in [5.41, 5.74) is 4.17. The van der Waals surface area contributed by atoms with E-state index in [1.807, 2.05) is 18.7 Å². The topological polar surface area (TPSA) is 49.0 Å². The second-order valence-electron chi connectivity index (χ2n) is 6.22. The predicted octanol–water partition coefficient (Wildman–Crippen LogP) is 3.46. The Morgan fingerprint density at radius 2 is 2.09 bits per heavy atom. The van der Waals surface area contributed by atoms with E-state index in [1.54, 1.807) is 12.1 Å². The fourth-order valence-electron chi connectivity index (χ4n) is 3.24. The van der Waals surface area contributed by atoms with Gasteiger partial charge in [-0.15, -0.1) is 0 Å². The molecular formula is C18H22FN3O. The summed E-state index contributed by atoms with van der Waals surface area (Å²) < 4.78 is 13.1. The number of likely N-dealkylation sites (tertiary alicyclic amines) is 1. The van der Waals surface area contributed by atoms with Crippen LogP contribution < -0.4 is 0 Å². The summed E-state index contributed by atoms with van der Waals surface area (Å²) in [5.74, 6) is -0.0918. The third kappa shape index (κ3) is 3.28. The van der Waals surface area contributed by atoms with Crippen LogP contribution in [0.3, 0.4) is 0 Å². The lowest BCUT2D eigenvalue weighted by Crippen LogP contribution is -2.30. The lowest BCUT2D eigenvalue weighted by atomic mass is 10.0. The van der Waals surface area contributed by atoms with Crippen LogP contribution in [-0.2, 0) is 11.2 Å². The molecule has 0 saturated carbocycles. The minimum atomic E-state index is -0.242. The van der Waals surface area contributed by atoms with Crippen LogP contribution in [-0.4, -0.2) is 27.5 Å². The highest BCUT2D eigenvalue weighted by Crippen LogP contribution is 2.32. The molecule has 1 aromatic heterocycles. The van der Waals surface area contributed by atoms with Gasteiger partial charge in [0.2, 0.25) is 5.91 Å². The van der Waals surface area contributed by atoms with Gasteiger partial charge in [0, 0.05) is 25.1 Å². The molecule has 0 aliphatic carbocycles. The molecule has 122 valence electrons. The van der Waals surface area contributed by atoms with Crippen molar-refractivity contribution in [2.24, 2.45) is 0 Å². The van der Waals surface area contributed by atoms with Crippen molar-refractivity contribution >= 4 is 5.91 Å². The van der Waals surface area contributed by atoms with Crippen molar-refractivity contribution in [2.45, 2.75) is 45.6 Å². The van der Waals surface area contributed by atoms with E-state index in [0.29, 0.717) is 12.8 Å². The van der Waals surface area contributed by atoms with Crippen molar-refractivity contribution in [1.29, 1.82) is 0 Å². The number of nitrogens with zero attached hydrogens (tertiary/aromatic N) is 2. The number of carbonyl (C=O) groups excluding carboxylic acids is 1. The second kappa shape index (κ2) is 6.52. The second-order valence-corrected chi connectivity index (χ2v) is 6.22. The number of rotatable bonds is 4. The largest absolute Gasteiger partial charge is 0.336 e. The molecule has 1 aliphatic heterocycles. The number of hydrogen-bond donors (Lipinski definition) is 1. The van der Waals surface area contributed by atoms with E-state index in [1.165, 1.54) is 12.1 Å². The third-order valence-corrected chi connectivity index (χ3v) is 4.76. The highest BCUT2D eigenvalue weighted by molar-refractivity contribution is 5.77. The molecule has 0 radical (unpaired) electrons. The molecule has 1 unspecified atom stereocenters. The number of H-pyrrole nitrogens is 1. The standard InChI is InChI=1S/C18H22FN3O/c1-12-13(2)20-21-16(12)9-10-18(23)22-11-3-4-17(22)14-5-7-15(19)8-6-14/h5-8,17H,3-4,9-11H2,1-2H3,(H,20,21). The van der Waals surface area contributed by atoms with Crippen molar-refractivity contribution < 1.29 is 9.18 Å². The predicted molar refractivity (Wildman–Crippen MR) is 86.5 cm³/mol. The number of benzene rings is 1. The smallest absolute Gasteiger partial charge is 0.223 e. The minimum Gasteiger partial charge on any atom is -0.336 e. The number of nitrogens with one attached hydrogen (secondary N) is 1. The molecule has 1 N–H and O–H groups in total. The van der Waals surface area contributed by atoms with E-state index in [0.717, 1.165) is 41.9 Å². The average molecular weight is 315 g/mol. The maximum absolute atomic E-state index is 13.1. The lowest BCUT2D eigenvalue weighted by Gasteiger charge is -2.25. The first-order valence-corrected chi connectivity index (χ1v) is 8.11. The zero-order chi connectivity index (χ0) is 16.4. The van der Waals surface area contributed by atoms with Gasteiger partial charge in [-0.25, -0.2) is 4.39 Å². The quantitative estimate of drug-likeness (QED) is 0.939. The van der Waals surface area contributed by atoms with Crippen LogP contribution in [0.25, 0.3) is 0 Å². The fourth-order valence-corrected chi connectivity index (χ4v) is 3.24. The molecule has 3 rings (SSSR count). The molecule has 0 spiro atoms. The van der Waals surface area contributed by atoms with Crippen LogP contribution in [0.1, 0.15) is 47.8 Å². The zero-order valence-electron chi connectivity index (χ0n) is 13.6. The number of hydrogen-bond acceptors (Lipinski definition) is 2. The van der Waals surface area contributed by atoms with Crippen molar-refractivity contribution in [3.63, 3.8) is 0 Å². The Labute approximate surface area is 135 Å². The van der Waals surface area contributed by atoms with Gasteiger partial charge in [0.1, 0.15) is 5.82 Å². The van der Waals surface area contributed by atoms with E-state index in [2.05, 4.69) is 10.2 Å². The van der Waals surface area contributed by atoms with Crippen LogP contribution in [0, 0.1) is 19.7 Å². The highest BCUT2D eigenvalue weighted by atomic mass is 19.1. The highest BCUT2D eigenvalue weighted by Gasteiger charge is 2.29. The van der Waals surface area contributed by atoms with Crippen molar-refractivity contribution in [3.05, 3.63) is 52.6 Å². The van der Waals surface area contributed by atoms with E-state index in [-0.39, 0.29) is 17.8 Å². The number of amides is 1. The average Bonchev–Trinajstić information content (AvgIpc) is 3.15. The van der Waals surface area contributed by atoms with E-state index in [9.17, 15) is 9.18 Å². The monoisotopic (exact) mass is 315 g/mol. The van der Waals surface area contributed by atoms with Crippen molar-refractivity contribution in [3.8, 4) is 0 Å². The van der Waals surface area contributed by atoms with Crippen LogP contribution in [0.2, 0.25) is 0 Å². The summed E-state index contributed by atoms with van der Waals surface area (Å²) >= 11 is 0. The lowest BCUT2D eigenvalue weighted by molar-refractivity contribution is -0.132. The van der Waals surface area contributed by atoms with Gasteiger partial charge in [0.25, 0.3) is 0 Å². The minimum absolute atomic E-state index is 0.0742. The summed E-state index contributed by atoms with van der Waals surface area (Å²) in [4.78, 5) is 14.5. The van der Waals surface area contributed by atoms with Gasteiger partial charge < -0.3 is 4.90 Å². The third-order valence-electron chi connectivity index (χ3n) is 4.76. The molecule has 1 amide bonds. The SMILES string of the molecule is Cc1[nH]nc(CCC(=O)N2CCCC2c2ccc(F)cc2)c1C. The number of carbonyl (C=O) groups is 1. The molecule has 2 heterocycles. The maximum Gasteiger partial charge on any atom is 0.223 e. The number of halogens is 1. The Hall–Kier alpha value is -2.17. The molecule has 5 heteroatoms. The fraction of sp³-hybridized carbons (Fsp3) is 0.444. The van der Waals surface area contributed by atoms with Gasteiger partial charge in [-0.05, 0) is 49.9 Å². The number of aromatic nitrogens is 2. The van der Waals surface area contributed by atoms with E-state index >= 15 is 0 Å². The molecule has 4 nitrogen and oxygen atoms in total. The molecule has 0 bridgehead atoms. The van der Waals surface area contributed by atoms with E-state index in [4.69, 9.17) is 0 Å². The van der Waals surface area contributed by atoms with Crippen LogP contribution >= 0.6 is 0 Å². The molecule has 1 aliphatic rings. The molecule has 1 aromatic carbocycles. The first kappa shape index (κ1) is 15.7. The van der Waals surface area contributed by atoms with Gasteiger partial charge in [-0.3, -0.25) is 9.89 Å². The molecule has 1 fully saturated rings. The van der Waals surface area contributed by atoms with Crippen LogP contribution in [0.15, 0.2) is 24.3 Å². The van der Waals surface area contributed by atoms with Gasteiger partial charge >= 0.3 is 0 Å². The van der Waals surface area contributed by atoms with Crippen LogP contribution in [0.4, 0.5) is 4.39 Å². The summed E-state index contributed by atoms with van der Waals surface area (Å²) in [6.45, 7) is 4.79. The Bertz CT molecular complexity index is 693. The van der Waals surface area contributed by atoms with E-state index < -0.39 is 0 Å². The summed E-state index contributed by atoms with van der Waals surface area (Å²) in [7, 11) is 0. The maximum atomic E-state index is 13.1. The van der Waals surface area contributed by atoms with Gasteiger partial charge in [-0.1, -0.05) is 12.1 Å². The Morgan fingerprint density at radius 1 is 1.35 bits per heavy atom. The van der Waals surface area contributed by atoms with Gasteiger partial charge in [-0.2, -0.15) is 5.10 Å². The molecule has 2 aromatic rings. The molecule has 1 atom stereocenters. The van der Waals surface area contributed by atoms with Crippen LogP contribution in [0.5, 0.6) is 0 Å². The normalized spacial score (nSPS) is 17.7. The van der Waals surface area contributed by atoms with Gasteiger partial charge in [0.15, 0.2) is 0 Å². The molecule has 1 saturated heterocycles. The summed E-state index contributed by atoms with van der Waals surface area (Å²) in [6, 6.07) is 6.57.